The number of nitrogens with zero attached hydrogens (tertiary/aromatic N) is 1. The molecule has 1 aliphatic carbocycles. The first-order valence-electron chi connectivity index (χ1n) is 7.72. The van der Waals surface area contributed by atoms with E-state index in [4.69, 9.17) is 11.6 Å². The van der Waals surface area contributed by atoms with Crippen LogP contribution in [0.3, 0.4) is 0 Å². The van der Waals surface area contributed by atoms with Crippen molar-refractivity contribution in [2.24, 2.45) is 0 Å². The van der Waals surface area contributed by atoms with Crippen molar-refractivity contribution < 1.29 is 4.79 Å². The molecule has 4 rings (SSSR count). The molecule has 5 heteroatoms. The van der Waals surface area contributed by atoms with Crippen LogP contribution in [0.15, 0.2) is 12.3 Å². The molecule has 114 valence electrons. The minimum Gasteiger partial charge on any atom is -0.357 e. The van der Waals surface area contributed by atoms with Gasteiger partial charge in [-0.05, 0) is 43.4 Å². The zero-order chi connectivity index (χ0) is 15.5. The summed E-state index contributed by atoms with van der Waals surface area (Å²) in [4.78, 5) is 20.3. The summed E-state index contributed by atoms with van der Waals surface area (Å²) in [5.41, 5.74) is 6.18. The molecule has 1 aliphatic heterocycles. The van der Waals surface area contributed by atoms with Gasteiger partial charge >= 0.3 is 0 Å². The Morgan fingerprint density at radius 1 is 1.41 bits per heavy atom. The number of pyridine rings is 1. The predicted molar refractivity (Wildman–Crippen MR) is 86.3 cm³/mol. The number of aromatic amines is 1. The van der Waals surface area contributed by atoms with Gasteiger partial charge in [-0.15, -0.1) is 0 Å². The van der Waals surface area contributed by atoms with Crippen LogP contribution in [0.1, 0.15) is 47.4 Å². The van der Waals surface area contributed by atoms with E-state index in [2.05, 4.69) is 29.1 Å². The minimum absolute atomic E-state index is 0.0479. The van der Waals surface area contributed by atoms with Crippen LogP contribution in [-0.4, -0.2) is 21.4 Å². The molecule has 0 radical (unpaired) electrons. The van der Waals surface area contributed by atoms with Crippen LogP contribution in [0.25, 0.3) is 11.3 Å². The van der Waals surface area contributed by atoms with E-state index in [0.717, 1.165) is 53.8 Å². The Bertz CT molecular complexity index is 795. The van der Waals surface area contributed by atoms with Crippen LogP contribution in [-0.2, 0) is 19.3 Å². The van der Waals surface area contributed by atoms with Gasteiger partial charge in [-0.3, -0.25) is 4.79 Å². The summed E-state index contributed by atoms with van der Waals surface area (Å²) in [5.74, 6) is 0.0479. The molecule has 0 bridgehead atoms. The number of rotatable bonds is 1. The van der Waals surface area contributed by atoms with Crippen molar-refractivity contribution in [2.75, 3.05) is 0 Å². The topological polar surface area (TPSA) is 57.8 Å². The maximum absolute atomic E-state index is 12.6. The van der Waals surface area contributed by atoms with Crippen LogP contribution in [0.4, 0.5) is 0 Å². The normalized spacial score (nSPS) is 22.6. The van der Waals surface area contributed by atoms with E-state index >= 15 is 0 Å². The van der Waals surface area contributed by atoms with E-state index in [-0.39, 0.29) is 11.4 Å². The van der Waals surface area contributed by atoms with Gasteiger partial charge in [-0.1, -0.05) is 18.5 Å². The maximum atomic E-state index is 12.6. The first-order chi connectivity index (χ1) is 10.5. The molecule has 22 heavy (non-hydrogen) atoms. The van der Waals surface area contributed by atoms with Crippen LogP contribution in [0, 0.1) is 0 Å². The lowest BCUT2D eigenvalue weighted by Crippen LogP contribution is -2.51. The van der Waals surface area contributed by atoms with Crippen LogP contribution < -0.4 is 5.32 Å². The van der Waals surface area contributed by atoms with Crippen molar-refractivity contribution in [1.82, 2.24) is 15.3 Å². The quantitative estimate of drug-likeness (QED) is 0.793. The molecule has 4 nitrogen and oxygen atoms in total. The van der Waals surface area contributed by atoms with Gasteiger partial charge in [0.05, 0.1) is 11.3 Å². The highest BCUT2D eigenvalue weighted by Gasteiger charge is 2.37. The molecule has 0 saturated heterocycles. The average Bonchev–Trinajstić information content (AvgIpc) is 2.85. The molecule has 1 unspecified atom stereocenters. The van der Waals surface area contributed by atoms with Crippen molar-refractivity contribution in [3.63, 3.8) is 0 Å². The van der Waals surface area contributed by atoms with E-state index < -0.39 is 0 Å². The highest BCUT2D eigenvalue weighted by Crippen LogP contribution is 2.39. The van der Waals surface area contributed by atoms with Crippen LogP contribution in [0.2, 0.25) is 5.15 Å². The fourth-order valence-electron chi connectivity index (χ4n) is 3.62. The number of halogens is 1. The Labute approximate surface area is 134 Å². The fraction of sp³-hybridized carbons (Fsp3) is 0.412. The number of nitrogens with one attached hydrogen (secondary N) is 2. The Morgan fingerprint density at radius 3 is 3.00 bits per heavy atom. The second kappa shape index (κ2) is 4.59. The lowest BCUT2D eigenvalue weighted by Gasteiger charge is -2.33. The Kier molecular flexibility index (Phi) is 2.89. The number of aryl methyl sites for hydroxylation is 1. The predicted octanol–water partition coefficient (Wildman–Crippen LogP) is 3.28. The first kappa shape index (κ1) is 13.8. The third-order valence-electron chi connectivity index (χ3n) is 5.04. The second-order valence-corrected chi connectivity index (χ2v) is 6.93. The Hall–Kier alpha value is -1.81. The Balaban J connectivity index is 1.90. The molecular formula is C17H18ClN3O. The number of carbonyl (C=O) groups is 1. The monoisotopic (exact) mass is 315 g/mol. The molecule has 3 heterocycles. The van der Waals surface area contributed by atoms with E-state index in [1.165, 1.54) is 5.56 Å². The zero-order valence-electron chi connectivity index (χ0n) is 12.7. The van der Waals surface area contributed by atoms with Crippen LogP contribution in [0.5, 0.6) is 0 Å². The number of hydrogen-bond acceptors (Lipinski definition) is 2. The molecule has 2 aromatic rings. The van der Waals surface area contributed by atoms with Crippen LogP contribution >= 0.6 is 11.6 Å². The minimum atomic E-state index is -0.170. The summed E-state index contributed by atoms with van der Waals surface area (Å²) in [6, 6.07) is 1.90. The summed E-state index contributed by atoms with van der Waals surface area (Å²) in [7, 11) is 0. The molecule has 0 spiro atoms. The number of hydrogen-bond donors (Lipinski definition) is 2. The SMILES string of the molecule is CCC1(C)Cc2[nH]c3c(c2C(=O)N1)CCc1cnc(Cl)cc1-3. The summed E-state index contributed by atoms with van der Waals surface area (Å²) in [6.07, 6.45) is 5.36. The number of amides is 1. The summed E-state index contributed by atoms with van der Waals surface area (Å²) >= 11 is 6.06. The third-order valence-corrected chi connectivity index (χ3v) is 5.24. The largest absolute Gasteiger partial charge is 0.357 e. The lowest BCUT2D eigenvalue weighted by molar-refractivity contribution is 0.0884. The number of fused-ring (bicyclic) bond motifs is 5. The highest BCUT2D eigenvalue weighted by molar-refractivity contribution is 6.29. The van der Waals surface area contributed by atoms with Gasteiger partial charge in [0, 0.05) is 29.4 Å². The molecule has 1 atom stereocenters. The van der Waals surface area contributed by atoms with Gasteiger partial charge in [0.2, 0.25) is 0 Å². The van der Waals surface area contributed by atoms with E-state index in [9.17, 15) is 4.79 Å². The maximum Gasteiger partial charge on any atom is 0.253 e. The summed E-state index contributed by atoms with van der Waals surface area (Å²) in [5, 5.41) is 3.66. The molecule has 2 aliphatic rings. The molecule has 0 saturated carbocycles. The average molecular weight is 316 g/mol. The first-order valence-corrected chi connectivity index (χ1v) is 8.09. The van der Waals surface area contributed by atoms with Crippen molar-refractivity contribution in [2.45, 2.75) is 45.1 Å². The van der Waals surface area contributed by atoms with E-state index in [0.29, 0.717) is 5.15 Å². The molecular weight excluding hydrogens is 298 g/mol. The lowest BCUT2D eigenvalue weighted by atomic mass is 9.84. The number of H-pyrrole nitrogens is 1. The van der Waals surface area contributed by atoms with Gasteiger partial charge in [0.25, 0.3) is 5.91 Å². The highest BCUT2D eigenvalue weighted by atomic mass is 35.5. The number of aromatic nitrogens is 2. The van der Waals surface area contributed by atoms with Crippen molar-refractivity contribution in [3.05, 3.63) is 39.8 Å². The van der Waals surface area contributed by atoms with Crippen molar-refractivity contribution in [3.8, 4) is 11.3 Å². The molecule has 2 aromatic heterocycles. The third kappa shape index (κ3) is 1.90. The summed E-state index contributed by atoms with van der Waals surface area (Å²) < 4.78 is 0. The fourth-order valence-corrected chi connectivity index (χ4v) is 3.77. The van der Waals surface area contributed by atoms with Gasteiger partial charge in [0.15, 0.2) is 0 Å². The summed E-state index contributed by atoms with van der Waals surface area (Å²) in [6.45, 7) is 4.21. The standard InChI is InChI=1S/C17H18ClN3O/c1-3-17(2)7-12-14(16(22)21-17)10-5-4-9-8-19-13(18)6-11(9)15(10)20-12/h6,8,20H,3-5,7H2,1-2H3,(H,21,22). The second-order valence-electron chi connectivity index (χ2n) is 6.54. The van der Waals surface area contributed by atoms with Crippen molar-refractivity contribution >= 4 is 17.5 Å². The van der Waals surface area contributed by atoms with Crippen molar-refractivity contribution in [1.29, 1.82) is 0 Å². The molecule has 1 amide bonds. The number of carbonyl (C=O) groups excluding carboxylic acids is 1. The molecule has 0 fully saturated rings. The smallest absolute Gasteiger partial charge is 0.253 e. The van der Waals surface area contributed by atoms with Gasteiger partial charge < -0.3 is 10.3 Å². The Morgan fingerprint density at radius 2 is 2.23 bits per heavy atom. The molecule has 2 N–H and O–H groups in total. The molecule has 0 aromatic carbocycles. The van der Waals surface area contributed by atoms with Gasteiger partial charge in [-0.2, -0.15) is 0 Å². The zero-order valence-corrected chi connectivity index (χ0v) is 13.5. The van der Waals surface area contributed by atoms with Gasteiger partial charge in [0.1, 0.15) is 5.15 Å². The van der Waals surface area contributed by atoms with Gasteiger partial charge in [-0.25, -0.2) is 4.98 Å². The van der Waals surface area contributed by atoms with E-state index in [1.807, 2.05) is 12.3 Å². The van der Waals surface area contributed by atoms with E-state index in [1.54, 1.807) is 0 Å².